The average Bonchev–Trinajstić information content (AvgIpc) is 3.85. The van der Waals surface area contributed by atoms with Gasteiger partial charge in [0.05, 0.1) is 0 Å². The molecule has 0 bridgehead atoms. The maximum atomic E-state index is 14.6. The number of hydrogen-bond donors (Lipinski definition) is 2. The van der Waals surface area contributed by atoms with Gasteiger partial charge in [-0.3, -0.25) is 0 Å². The van der Waals surface area contributed by atoms with Crippen LogP contribution < -0.4 is 28.2 Å². The molecule has 4 aromatic carbocycles. The Labute approximate surface area is 429 Å². The van der Waals surface area contributed by atoms with Crippen LogP contribution in [0.4, 0.5) is 47.3 Å². The van der Waals surface area contributed by atoms with Crippen molar-refractivity contribution in [3.8, 4) is 12.1 Å². The van der Waals surface area contributed by atoms with Crippen molar-refractivity contribution < 1.29 is 83.8 Å². The number of nitriles is 2. The summed E-state index contributed by atoms with van der Waals surface area (Å²) in [6.45, 7) is -1.94. The van der Waals surface area contributed by atoms with Crippen molar-refractivity contribution in [3.05, 3.63) is 153 Å². The zero-order chi connectivity index (χ0) is 54.3. The Hall–Kier alpha value is -7.93. The topological polar surface area (TPSA) is 210 Å². The van der Waals surface area contributed by atoms with Gasteiger partial charge in [-0.2, -0.15) is 10.5 Å². The Balaban J connectivity index is 1.01. The van der Waals surface area contributed by atoms with Crippen molar-refractivity contribution in [1.29, 1.82) is 10.5 Å². The minimum atomic E-state index is -4.80. The van der Waals surface area contributed by atoms with Gasteiger partial charge in [-0.25, -0.2) is 0 Å². The van der Waals surface area contributed by atoms with Gasteiger partial charge in [-0.1, -0.05) is 0 Å². The molecule has 0 aliphatic carbocycles. The molecule has 0 unspecified atom stereocenters. The number of urea groups is 2. The molecule has 392 valence electrons. The molecule has 75 heavy (non-hydrogen) atoms. The summed E-state index contributed by atoms with van der Waals surface area (Å²) in [5, 5.41) is 38.8. The number of amides is 6. The molecule has 4 aliphatic rings. The second-order valence-electron chi connectivity index (χ2n) is 18.5. The second-order valence-corrected chi connectivity index (χ2v) is 30.0. The van der Waals surface area contributed by atoms with Crippen LogP contribution in [0.1, 0.15) is 58.3 Å². The molecule has 0 fully saturated rings. The van der Waals surface area contributed by atoms with E-state index in [1.54, 1.807) is 0 Å². The molecule has 2 atom stereocenters. The van der Waals surface area contributed by atoms with Crippen molar-refractivity contribution in [2.45, 2.75) is 37.3 Å². The number of carbonyl (C=O) groups is 6. The zero-order valence-electron chi connectivity index (χ0n) is 40.0. The van der Waals surface area contributed by atoms with E-state index in [4.69, 9.17) is 0 Å². The summed E-state index contributed by atoms with van der Waals surface area (Å²) in [6.07, 6.45) is -8.70. The first-order valence-corrected chi connectivity index (χ1v) is 30.4. The number of carbonyl (C=O) groups excluding carboxylic acids is 4. The molecule has 4 heterocycles. The summed E-state index contributed by atoms with van der Waals surface area (Å²) in [5.41, 5.74) is -1.38. The van der Waals surface area contributed by atoms with Gasteiger partial charge in [0, 0.05) is 0 Å². The first-order chi connectivity index (χ1) is 35.4. The standard InChI is InChI=1S/C52H46F6IN8O8/c1-59(2,19-5-21-62-27-39-43(47(62)72)45(33-15-11-31(25-60)12-16-33)64(29-41(68)69)49(74)66(39)37-9-3-7-35(23-37)51(53,54)55)20-6-22-63-28-40-44(48(63)73)46(34-17-13-32(26-61)14-18-34)65(30-42(70)71)50(75)67(40)38-10-4-8-36(24-38)52(56,57)58/h3-4,7-18,23-24,45-46H,5-6,19-22,27-30H2,1-2H3,(H,68,69)(H,70,71)/q-1/t45-,46-/m1/s1. The molecule has 0 radical (unpaired) electrons. The quantitative estimate of drug-likeness (QED) is 0.0898. The van der Waals surface area contributed by atoms with Crippen LogP contribution in [0.5, 0.6) is 0 Å². The molecule has 4 aromatic rings. The van der Waals surface area contributed by atoms with Crippen LogP contribution in [0.3, 0.4) is 0 Å². The number of carboxylic acid groups (broad SMARTS) is 2. The molecular formula is C52H46F6IN8O8-. The zero-order valence-corrected chi connectivity index (χ0v) is 42.2. The monoisotopic (exact) mass is 1150 g/mol. The van der Waals surface area contributed by atoms with Gasteiger partial charge in [-0.15, -0.1) is 0 Å². The van der Waals surface area contributed by atoms with Crippen molar-refractivity contribution in [3.63, 3.8) is 0 Å². The number of alkyl halides is 10. The second kappa shape index (κ2) is 20.8. The summed E-state index contributed by atoms with van der Waals surface area (Å²) in [5.74, 6) is -4.02. The normalized spacial score (nSPS) is 18.4. The molecule has 0 aromatic heterocycles. The van der Waals surface area contributed by atoms with Gasteiger partial charge in [0.2, 0.25) is 0 Å². The Kier molecular flexibility index (Phi) is 14.8. The summed E-state index contributed by atoms with van der Waals surface area (Å²) in [6, 6.07) is 19.0. The third-order valence-electron chi connectivity index (χ3n) is 13.3. The fraction of sp³-hybridized carbons (Fsp3) is 0.308. The van der Waals surface area contributed by atoms with E-state index in [0.29, 0.717) is 32.8 Å². The average molecular weight is 1150 g/mol. The van der Waals surface area contributed by atoms with E-state index in [-0.39, 0.29) is 71.2 Å². The van der Waals surface area contributed by atoms with E-state index in [9.17, 15) is 75.8 Å². The Morgan fingerprint density at radius 2 is 0.960 bits per heavy atom. The van der Waals surface area contributed by atoms with E-state index in [1.165, 1.54) is 70.5 Å². The number of aliphatic carboxylic acids is 2. The van der Waals surface area contributed by atoms with Gasteiger partial charge >= 0.3 is 421 Å². The van der Waals surface area contributed by atoms with Crippen molar-refractivity contribution in [1.82, 2.24) is 19.6 Å². The first-order valence-electron chi connectivity index (χ1n) is 23.0. The molecule has 0 saturated heterocycles. The third kappa shape index (κ3) is 10.9. The van der Waals surface area contributed by atoms with Crippen molar-refractivity contribution >= 4 is 47.2 Å². The van der Waals surface area contributed by atoms with Crippen LogP contribution in [0, 0.1) is 22.7 Å². The molecule has 0 saturated carbocycles. The number of halogens is 7. The third-order valence-corrected chi connectivity index (χ3v) is 20.6. The number of carboxylic acids is 2. The molecule has 6 amide bonds. The van der Waals surface area contributed by atoms with Crippen LogP contribution in [-0.4, -0.2) is 124 Å². The predicted octanol–water partition coefficient (Wildman–Crippen LogP) is 4.70. The number of rotatable bonds is 16. The summed E-state index contributed by atoms with van der Waals surface area (Å²) in [7, 11) is 0. The van der Waals surface area contributed by atoms with Gasteiger partial charge in [-0.05, 0) is 0 Å². The fourth-order valence-corrected chi connectivity index (χ4v) is 15.2. The van der Waals surface area contributed by atoms with Gasteiger partial charge in [0.1, 0.15) is 0 Å². The summed E-state index contributed by atoms with van der Waals surface area (Å²) >= 11 is -2.74. The van der Waals surface area contributed by atoms with Gasteiger partial charge < -0.3 is 0 Å². The molecule has 0 spiro atoms. The van der Waals surface area contributed by atoms with Crippen LogP contribution in [0.15, 0.2) is 120 Å². The number of nitrogens with zero attached hydrogens (tertiary/aromatic N) is 8. The van der Waals surface area contributed by atoms with Gasteiger partial charge in [0.25, 0.3) is 0 Å². The maximum absolute atomic E-state index is 14.6. The molecule has 4 aliphatic heterocycles. The molecule has 23 heteroatoms. The summed E-state index contributed by atoms with van der Waals surface area (Å²) < 4.78 is 85.2. The van der Waals surface area contributed by atoms with E-state index in [0.717, 1.165) is 56.0 Å². The first kappa shape index (κ1) is 53.4. The minimum absolute atomic E-state index is 0.00879. The van der Waals surface area contributed by atoms with E-state index < -0.39 is 103 Å². The molecule has 8 rings (SSSR count). The van der Waals surface area contributed by atoms with Gasteiger partial charge in [0.15, 0.2) is 0 Å². The molecular weight excluding hydrogens is 1110 g/mol. The van der Waals surface area contributed by atoms with Crippen LogP contribution in [0.25, 0.3) is 0 Å². The Morgan fingerprint density at radius 3 is 1.28 bits per heavy atom. The molecule has 2 N–H and O–H groups in total. The van der Waals surface area contributed by atoms with Crippen molar-refractivity contribution in [2.24, 2.45) is 0 Å². The molecule has 16 nitrogen and oxygen atoms in total. The van der Waals surface area contributed by atoms with Crippen LogP contribution in [-0.2, 0) is 31.5 Å². The van der Waals surface area contributed by atoms with E-state index in [1.807, 2.05) is 12.1 Å². The van der Waals surface area contributed by atoms with Crippen molar-refractivity contribution in [2.75, 3.05) is 67.8 Å². The SMILES string of the molecule is C[I-](C)(CCCN1CC2=C(C1=O)[C@@H](c1ccc(C#N)cc1)N(CC(=O)O)C(=O)N2c1cccc(C(F)(F)F)c1)CCCN1CC2=C(C1=O)[C@@H](c1ccc(C#N)cc1)N(CC(=O)O)C(=O)N2c1cccc(C(F)(F)F)c1. The number of benzene rings is 4. The Bertz CT molecular complexity index is 2940. The predicted molar refractivity (Wildman–Crippen MR) is 253 cm³/mol. The number of hydrogen-bond acceptors (Lipinski definition) is 8. The van der Waals surface area contributed by atoms with E-state index >= 15 is 0 Å². The number of anilines is 2. The van der Waals surface area contributed by atoms with E-state index in [2.05, 4.69) is 9.86 Å². The van der Waals surface area contributed by atoms with Crippen LogP contribution in [0.2, 0.25) is 0 Å². The van der Waals surface area contributed by atoms with Crippen LogP contribution >= 0.6 is 0 Å². The summed E-state index contributed by atoms with van der Waals surface area (Å²) in [4.78, 5) is 93.4. The fourth-order valence-electron chi connectivity index (χ4n) is 9.85. The Morgan fingerprint density at radius 1 is 0.600 bits per heavy atom.